The van der Waals surface area contributed by atoms with Crippen LogP contribution in [0.25, 0.3) is 0 Å². The van der Waals surface area contributed by atoms with Crippen LogP contribution >= 0.6 is 11.6 Å². The van der Waals surface area contributed by atoms with Gasteiger partial charge in [0.15, 0.2) is 11.6 Å². The fraction of sp³-hybridized carbons (Fsp3) is 0.727. The third-order valence-electron chi connectivity index (χ3n) is 7.16. The number of nitrogens with zero attached hydrogens (tertiary/aromatic N) is 1. The van der Waals surface area contributed by atoms with Crippen molar-refractivity contribution in [1.82, 2.24) is 4.98 Å². The summed E-state index contributed by atoms with van der Waals surface area (Å²) in [5.41, 5.74) is 5.03. The molecule has 1 saturated carbocycles. The lowest BCUT2D eigenvalue weighted by atomic mass is 9.62. The second kappa shape index (κ2) is 10.5. The number of sulfone groups is 1. The molecule has 31 heavy (non-hydrogen) atoms. The number of amides is 1. The summed E-state index contributed by atoms with van der Waals surface area (Å²) in [5, 5.41) is 2.88. The maximum Gasteiger partial charge on any atom is 0.251 e. The van der Waals surface area contributed by atoms with E-state index in [9.17, 15) is 17.6 Å². The van der Waals surface area contributed by atoms with Gasteiger partial charge in [-0.15, -0.1) is 0 Å². The minimum absolute atomic E-state index is 0.0387. The molecule has 1 aliphatic heterocycles. The second-order valence-corrected chi connectivity index (χ2v) is 11.8. The summed E-state index contributed by atoms with van der Waals surface area (Å²) >= 11 is 5.91. The Morgan fingerprint density at radius 3 is 2.61 bits per heavy atom. The first-order chi connectivity index (χ1) is 14.7. The molecular weight excluding hydrogens is 441 g/mol. The number of nitrogens with one attached hydrogen (secondary N) is 1. The van der Waals surface area contributed by atoms with E-state index in [1.165, 1.54) is 12.8 Å². The highest BCUT2D eigenvalue weighted by Gasteiger charge is 2.37. The number of hydrogen-bond donors (Lipinski definition) is 2. The number of primary amides is 1. The molecule has 1 amide bonds. The topological polar surface area (TPSA) is 102 Å². The van der Waals surface area contributed by atoms with Crippen LogP contribution in [-0.4, -0.2) is 37.4 Å². The van der Waals surface area contributed by atoms with E-state index in [-0.39, 0.29) is 16.5 Å². The SMILES string of the molecule is CCC(CCCNc1nc(Cl)c(C(N)=O)cc1F)C1CCC1CC1CCS(=O)(=O)CC1. The van der Waals surface area contributed by atoms with Gasteiger partial charge in [-0.05, 0) is 74.7 Å². The van der Waals surface area contributed by atoms with Gasteiger partial charge in [0.05, 0.1) is 17.1 Å². The lowest BCUT2D eigenvalue weighted by Crippen LogP contribution is -2.35. The van der Waals surface area contributed by atoms with Crippen molar-refractivity contribution < 1.29 is 17.6 Å². The molecule has 1 aromatic heterocycles. The van der Waals surface area contributed by atoms with Crippen molar-refractivity contribution >= 4 is 33.2 Å². The van der Waals surface area contributed by atoms with Crippen molar-refractivity contribution in [2.75, 3.05) is 23.4 Å². The third-order valence-corrected chi connectivity index (χ3v) is 9.16. The quantitative estimate of drug-likeness (QED) is 0.386. The molecule has 3 rings (SSSR count). The van der Waals surface area contributed by atoms with E-state index in [1.807, 2.05) is 0 Å². The van der Waals surface area contributed by atoms with Gasteiger partial charge in [-0.3, -0.25) is 4.79 Å². The number of hydrogen-bond acceptors (Lipinski definition) is 5. The van der Waals surface area contributed by atoms with E-state index in [0.717, 1.165) is 44.6 Å². The molecule has 0 spiro atoms. The summed E-state index contributed by atoms with van der Waals surface area (Å²) in [6.07, 6.45) is 8.37. The van der Waals surface area contributed by atoms with Gasteiger partial charge >= 0.3 is 0 Å². The molecule has 0 aromatic carbocycles. The standard InChI is InChI=1S/C22H33ClFN3O3S/c1-2-15(17-6-5-16(17)12-14-7-10-31(29,30)11-8-14)4-3-9-26-22-19(24)13-18(21(25)28)20(23)27-22/h13-17H,2-12H2,1H3,(H2,25,28)(H,26,27). The summed E-state index contributed by atoms with van der Waals surface area (Å²) in [6.45, 7) is 2.80. The Hall–Kier alpha value is -1.41. The maximum absolute atomic E-state index is 14.1. The predicted molar refractivity (Wildman–Crippen MR) is 121 cm³/mol. The van der Waals surface area contributed by atoms with Crippen molar-refractivity contribution in [1.29, 1.82) is 0 Å². The summed E-state index contributed by atoms with van der Waals surface area (Å²) in [4.78, 5) is 15.1. The fourth-order valence-electron chi connectivity index (χ4n) is 5.17. The largest absolute Gasteiger partial charge is 0.368 e. The summed E-state index contributed by atoms with van der Waals surface area (Å²) in [7, 11) is -2.79. The lowest BCUT2D eigenvalue weighted by Gasteiger charge is -2.44. The van der Waals surface area contributed by atoms with Gasteiger partial charge in [0.25, 0.3) is 5.91 Å². The van der Waals surface area contributed by atoms with E-state index < -0.39 is 21.6 Å². The minimum Gasteiger partial charge on any atom is -0.368 e. The van der Waals surface area contributed by atoms with Crippen LogP contribution in [0.1, 0.15) is 68.6 Å². The van der Waals surface area contributed by atoms with Crippen LogP contribution in [0.15, 0.2) is 6.07 Å². The van der Waals surface area contributed by atoms with Gasteiger partial charge in [0.2, 0.25) is 0 Å². The number of carbonyl (C=O) groups excluding carboxylic acids is 1. The van der Waals surface area contributed by atoms with E-state index in [1.54, 1.807) is 0 Å². The molecule has 9 heteroatoms. The highest BCUT2D eigenvalue weighted by molar-refractivity contribution is 7.91. The normalized spacial score (nSPS) is 24.4. The Morgan fingerprint density at radius 1 is 1.32 bits per heavy atom. The number of nitrogens with two attached hydrogens (primary N) is 1. The second-order valence-electron chi connectivity index (χ2n) is 9.09. The average Bonchev–Trinajstić information content (AvgIpc) is 2.70. The van der Waals surface area contributed by atoms with Gasteiger partial charge in [-0.1, -0.05) is 24.9 Å². The van der Waals surface area contributed by atoms with E-state index in [4.69, 9.17) is 17.3 Å². The van der Waals surface area contributed by atoms with Crippen LogP contribution in [0.4, 0.5) is 10.2 Å². The number of anilines is 1. The van der Waals surface area contributed by atoms with Crippen LogP contribution in [0.5, 0.6) is 0 Å². The Morgan fingerprint density at radius 2 is 2.03 bits per heavy atom. The van der Waals surface area contributed by atoms with Gasteiger partial charge in [0, 0.05) is 6.54 Å². The lowest BCUT2D eigenvalue weighted by molar-refractivity contribution is 0.0708. The number of halogens is 2. The molecule has 0 radical (unpaired) electrons. The average molecular weight is 474 g/mol. The highest BCUT2D eigenvalue weighted by Crippen LogP contribution is 2.47. The van der Waals surface area contributed by atoms with E-state index in [2.05, 4.69) is 17.2 Å². The zero-order valence-corrected chi connectivity index (χ0v) is 19.7. The summed E-state index contributed by atoms with van der Waals surface area (Å²) in [6, 6.07) is 1.02. The Balaban J connectivity index is 1.44. The van der Waals surface area contributed by atoms with Crippen LogP contribution in [-0.2, 0) is 9.84 Å². The maximum atomic E-state index is 14.1. The van der Waals surface area contributed by atoms with E-state index in [0.29, 0.717) is 41.7 Å². The van der Waals surface area contributed by atoms with E-state index >= 15 is 0 Å². The van der Waals surface area contributed by atoms with Crippen molar-refractivity contribution in [3.63, 3.8) is 0 Å². The molecule has 3 unspecified atom stereocenters. The smallest absolute Gasteiger partial charge is 0.251 e. The van der Waals surface area contributed by atoms with Crippen molar-refractivity contribution in [3.05, 3.63) is 22.6 Å². The fourth-order valence-corrected chi connectivity index (χ4v) is 6.99. The number of aromatic nitrogens is 1. The highest BCUT2D eigenvalue weighted by atomic mass is 35.5. The van der Waals surface area contributed by atoms with Crippen LogP contribution < -0.4 is 11.1 Å². The van der Waals surface area contributed by atoms with Crippen LogP contribution in [0, 0.1) is 29.5 Å². The van der Waals surface area contributed by atoms with Crippen molar-refractivity contribution in [2.45, 2.75) is 58.3 Å². The van der Waals surface area contributed by atoms with Crippen LogP contribution in [0.2, 0.25) is 5.15 Å². The predicted octanol–water partition coefficient (Wildman–Crippen LogP) is 4.43. The molecule has 1 aromatic rings. The van der Waals surface area contributed by atoms with Gasteiger partial charge < -0.3 is 11.1 Å². The molecular formula is C22H33ClFN3O3S. The number of pyridine rings is 1. The summed E-state index contributed by atoms with van der Waals surface area (Å²) in [5.74, 6) is 1.91. The Labute approximate surface area is 189 Å². The molecule has 6 nitrogen and oxygen atoms in total. The monoisotopic (exact) mass is 473 g/mol. The molecule has 2 aliphatic rings. The Kier molecular flexibility index (Phi) is 8.19. The molecule has 3 N–H and O–H groups in total. The van der Waals surface area contributed by atoms with Crippen molar-refractivity contribution in [3.8, 4) is 0 Å². The minimum atomic E-state index is -2.79. The zero-order chi connectivity index (χ0) is 22.6. The van der Waals surface area contributed by atoms with Gasteiger partial charge in [0.1, 0.15) is 15.0 Å². The molecule has 2 fully saturated rings. The first-order valence-corrected chi connectivity index (χ1v) is 13.5. The number of carbonyl (C=O) groups is 1. The Bertz CT molecular complexity index is 882. The number of rotatable bonds is 10. The third kappa shape index (κ3) is 6.31. The molecule has 0 bridgehead atoms. The molecule has 3 atom stereocenters. The van der Waals surface area contributed by atoms with Crippen LogP contribution in [0.3, 0.4) is 0 Å². The van der Waals surface area contributed by atoms with Crippen molar-refractivity contribution in [2.24, 2.45) is 29.4 Å². The zero-order valence-electron chi connectivity index (χ0n) is 18.1. The molecule has 2 heterocycles. The first kappa shape index (κ1) is 24.2. The van der Waals surface area contributed by atoms with Gasteiger partial charge in [-0.25, -0.2) is 17.8 Å². The van der Waals surface area contributed by atoms with Gasteiger partial charge in [-0.2, -0.15) is 0 Å². The molecule has 1 aliphatic carbocycles. The first-order valence-electron chi connectivity index (χ1n) is 11.3. The summed E-state index contributed by atoms with van der Waals surface area (Å²) < 4.78 is 37.4. The molecule has 174 valence electrons. The molecule has 1 saturated heterocycles.